The number of rotatable bonds is 8. The smallest absolute Gasteiger partial charge is 0.314 e. The van der Waals surface area contributed by atoms with Crippen LogP contribution < -0.4 is 15.4 Å². The quantitative estimate of drug-likeness (QED) is 0.509. The van der Waals surface area contributed by atoms with Crippen molar-refractivity contribution in [2.45, 2.75) is 39.0 Å². The van der Waals surface area contributed by atoms with Crippen molar-refractivity contribution in [3.05, 3.63) is 58.1 Å². The summed E-state index contributed by atoms with van der Waals surface area (Å²) in [6, 6.07) is 12.9. The number of ether oxygens (including phenoxy) is 1. The lowest BCUT2D eigenvalue weighted by Gasteiger charge is -2.20. The van der Waals surface area contributed by atoms with Gasteiger partial charge < -0.3 is 20.5 Å². The van der Waals surface area contributed by atoms with Crippen LogP contribution in [0.3, 0.4) is 0 Å². The summed E-state index contributed by atoms with van der Waals surface area (Å²) in [5.41, 5.74) is 2.41. The Bertz CT molecular complexity index is 770. The number of hydrogen-bond acceptors (Lipinski definition) is 3. The van der Waals surface area contributed by atoms with E-state index in [1.807, 2.05) is 18.2 Å². The molecule has 0 heterocycles. The van der Waals surface area contributed by atoms with Crippen molar-refractivity contribution in [1.29, 1.82) is 0 Å². The molecular formula is C22H29BrN2O3. The van der Waals surface area contributed by atoms with Crippen LogP contribution in [-0.2, 0) is 11.8 Å². The van der Waals surface area contributed by atoms with Gasteiger partial charge in [0.05, 0.1) is 11.1 Å². The van der Waals surface area contributed by atoms with E-state index in [4.69, 9.17) is 4.74 Å². The van der Waals surface area contributed by atoms with Gasteiger partial charge in [-0.15, -0.1) is 0 Å². The monoisotopic (exact) mass is 448 g/mol. The second-order valence-electron chi connectivity index (χ2n) is 7.70. The minimum Gasteiger partial charge on any atom is -0.508 e. The molecule has 0 saturated heterocycles. The fourth-order valence-corrected chi connectivity index (χ4v) is 3.08. The van der Waals surface area contributed by atoms with Crippen molar-refractivity contribution < 1.29 is 14.6 Å². The molecular weight excluding hydrogens is 420 g/mol. The van der Waals surface area contributed by atoms with Crippen LogP contribution in [0.2, 0.25) is 0 Å². The Morgan fingerprint density at radius 1 is 1.07 bits per heavy atom. The molecule has 0 aliphatic heterocycles. The third kappa shape index (κ3) is 7.43. The van der Waals surface area contributed by atoms with Crippen molar-refractivity contribution in [1.82, 2.24) is 10.6 Å². The van der Waals surface area contributed by atoms with Crippen molar-refractivity contribution in [2.75, 3.05) is 19.7 Å². The molecule has 0 radical (unpaired) electrons. The highest BCUT2D eigenvalue weighted by Gasteiger charge is 2.15. The summed E-state index contributed by atoms with van der Waals surface area (Å²) in [5, 5.41) is 14.9. The van der Waals surface area contributed by atoms with Crippen LogP contribution in [0.5, 0.6) is 11.5 Å². The number of urea groups is 1. The van der Waals surface area contributed by atoms with Gasteiger partial charge in [0.1, 0.15) is 11.5 Å². The third-order valence-corrected chi connectivity index (χ3v) is 4.92. The minimum atomic E-state index is -0.186. The Morgan fingerprint density at radius 3 is 2.39 bits per heavy atom. The topological polar surface area (TPSA) is 70.6 Å². The minimum absolute atomic E-state index is 0.0978. The second-order valence-corrected chi connectivity index (χ2v) is 8.55. The maximum Gasteiger partial charge on any atom is 0.314 e. The lowest BCUT2D eigenvalue weighted by molar-refractivity contribution is 0.239. The molecule has 0 bridgehead atoms. The number of halogens is 1. The van der Waals surface area contributed by atoms with Gasteiger partial charge in [-0.05, 0) is 69.6 Å². The van der Waals surface area contributed by atoms with E-state index in [1.54, 1.807) is 12.1 Å². The predicted molar refractivity (Wildman–Crippen MR) is 116 cm³/mol. The molecule has 0 saturated carbocycles. The molecule has 0 aromatic heterocycles. The number of aromatic hydroxyl groups is 1. The van der Waals surface area contributed by atoms with Crippen molar-refractivity contribution in [3.8, 4) is 11.5 Å². The number of carbonyl (C=O) groups is 1. The zero-order valence-electron chi connectivity index (χ0n) is 16.7. The van der Waals surface area contributed by atoms with Gasteiger partial charge in [0.15, 0.2) is 0 Å². The molecule has 3 N–H and O–H groups in total. The Hall–Kier alpha value is -2.21. The standard InChI is InChI=1S/C22H29BrN2O3/c1-22(2,3)17-7-10-20(19(23)15-17)28-14-4-12-24-21(27)25-13-11-16-5-8-18(26)9-6-16/h5-10,15,26H,4,11-14H2,1-3H3,(H2,24,25,27). The number of nitrogens with one attached hydrogen (secondary N) is 2. The zero-order chi connectivity index (χ0) is 20.6. The number of hydrogen-bond donors (Lipinski definition) is 3. The lowest BCUT2D eigenvalue weighted by atomic mass is 9.87. The van der Waals surface area contributed by atoms with Gasteiger partial charge in [-0.3, -0.25) is 0 Å². The molecule has 0 atom stereocenters. The zero-order valence-corrected chi connectivity index (χ0v) is 18.3. The van der Waals surface area contributed by atoms with Crippen LogP contribution >= 0.6 is 15.9 Å². The maximum absolute atomic E-state index is 11.8. The average molecular weight is 449 g/mol. The van der Waals surface area contributed by atoms with E-state index in [0.717, 1.165) is 28.6 Å². The van der Waals surface area contributed by atoms with E-state index in [1.165, 1.54) is 5.56 Å². The van der Waals surface area contributed by atoms with E-state index >= 15 is 0 Å². The van der Waals surface area contributed by atoms with Gasteiger partial charge >= 0.3 is 6.03 Å². The van der Waals surface area contributed by atoms with Crippen LogP contribution in [0, 0.1) is 0 Å². The molecule has 2 aromatic rings. The molecule has 0 aliphatic carbocycles. The molecule has 2 rings (SSSR count). The Labute approximate surface area is 175 Å². The number of carbonyl (C=O) groups excluding carboxylic acids is 1. The van der Waals surface area contributed by atoms with Crippen LogP contribution in [0.4, 0.5) is 4.79 Å². The molecule has 2 amide bonds. The van der Waals surface area contributed by atoms with E-state index in [0.29, 0.717) is 19.7 Å². The molecule has 2 aromatic carbocycles. The molecule has 6 heteroatoms. The summed E-state index contributed by atoms with van der Waals surface area (Å²) in [6.07, 6.45) is 1.44. The van der Waals surface area contributed by atoms with Crippen molar-refractivity contribution >= 4 is 22.0 Å². The van der Waals surface area contributed by atoms with Gasteiger partial charge in [-0.1, -0.05) is 39.0 Å². The van der Waals surface area contributed by atoms with E-state index in [-0.39, 0.29) is 17.2 Å². The highest BCUT2D eigenvalue weighted by Crippen LogP contribution is 2.31. The van der Waals surface area contributed by atoms with Gasteiger partial charge in [0.2, 0.25) is 0 Å². The SMILES string of the molecule is CC(C)(C)c1ccc(OCCCNC(=O)NCCc2ccc(O)cc2)c(Br)c1. The first-order chi connectivity index (χ1) is 13.3. The molecule has 28 heavy (non-hydrogen) atoms. The predicted octanol–water partition coefficient (Wildman–Crippen LogP) is 4.76. The molecule has 0 fully saturated rings. The van der Waals surface area contributed by atoms with Gasteiger partial charge in [0.25, 0.3) is 0 Å². The van der Waals surface area contributed by atoms with Crippen molar-refractivity contribution in [3.63, 3.8) is 0 Å². The number of phenolic OH excluding ortho intramolecular Hbond substituents is 1. The normalized spacial score (nSPS) is 11.1. The molecule has 0 spiro atoms. The third-order valence-electron chi connectivity index (χ3n) is 4.30. The first-order valence-electron chi connectivity index (χ1n) is 9.48. The second kappa shape index (κ2) is 10.4. The fraction of sp³-hybridized carbons (Fsp3) is 0.409. The molecule has 5 nitrogen and oxygen atoms in total. The first kappa shape index (κ1) is 22.1. The molecule has 0 unspecified atom stereocenters. The Morgan fingerprint density at radius 2 is 1.75 bits per heavy atom. The largest absolute Gasteiger partial charge is 0.508 e. The number of amides is 2. The van der Waals surface area contributed by atoms with Gasteiger partial charge in [-0.2, -0.15) is 0 Å². The van der Waals surface area contributed by atoms with Crippen molar-refractivity contribution in [2.24, 2.45) is 0 Å². The summed E-state index contributed by atoms with van der Waals surface area (Å²) in [6.45, 7) is 8.15. The summed E-state index contributed by atoms with van der Waals surface area (Å²) in [4.78, 5) is 11.8. The lowest BCUT2D eigenvalue weighted by Crippen LogP contribution is -2.37. The summed E-state index contributed by atoms with van der Waals surface area (Å²) >= 11 is 3.56. The maximum atomic E-state index is 11.8. The summed E-state index contributed by atoms with van der Waals surface area (Å²) < 4.78 is 6.74. The van der Waals surface area contributed by atoms with Crippen LogP contribution in [0.15, 0.2) is 46.9 Å². The molecule has 152 valence electrons. The number of phenols is 1. The van der Waals surface area contributed by atoms with Crippen LogP contribution in [-0.4, -0.2) is 30.8 Å². The average Bonchev–Trinajstić information content (AvgIpc) is 2.63. The highest BCUT2D eigenvalue weighted by molar-refractivity contribution is 9.10. The fourth-order valence-electron chi connectivity index (χ4n) is 2.59. The van der Waals surface area contributed by atoms with E-state index in [9.17, 15) is 9.90 Å². The number of benzene rings is 2. The van der Waals surface area contributed by atoms with Crippen LogP contribution in [0.1, 0.15) is 38.3 Å². The highest BCUT2D eigenvalue weighted by atomic mass is 79.9. The van der Waals surface area contributed by atoms with Gasteiger partial charge in [0, 0.05) is 13.1 Å². The summed E-state index contributed by atoms with van der Waals surface area (Å²) in [7, 11) is 0. The summed E-state index contributed by atoms with van der Waals surface area (Å²) in [5.74, 6) is 1.06. The first-order valence-corrected chi connectivity index (χ1v) is 10.3. The Balaban J connectivity index is 1.61. The Kier molecular flexibility index (Phi) is 8.18. The van der Waals surface area contributed by atoms with Crippen LogP contribution in [0.25, 0.3) is 0 Å². The van der Waals surface area contributed by atoms with E-state index < -0.39 is 0 Å². The van der Waals surface area contributed by atoms with E-state index in [2.05, 4.69) is 59.5 Å². The molecule has 0 aliphatic rings. The van der Waals surface area contributed by atoms with Gasteiger partial charge in [-0.25, -0.2) is 4.79 Å².